The van der Waals surface area contributed by atoms with Crippen LogP contribution in [0, 0.1) is 64.9 Å². The van der Waals surface area contributed by atoms with Crippen molar-refractivity contribution in [3.8, 4) is 11.5 Å². The number of nitrogens with zero attached hydrogens (tertiary/aromatic N) is 1. The van der Waals surface area contributed by atoms with Gasteiger partial charge in [0.15, 0.2) is 0 Å². The first-order valence-corrected chi connectivity index (χ1v) is 27.7. The Labute approximate surface area is 424 Å². The van der Waals surface area contributed by atoms with E-state index in [2.05, 4.69) is 30.8 Å². The van der Waals surface area contributed by atoms with Crippen LogP contribution in [0.2, 0.25) is 0 Å². The van der Waals surface area contributed by atoms with Gasteiger partial charge in [0.2, 0.25) is 15.9 Å². The number of anilines is 2. The second kappa shape index (κ2) is 22.2. The monoisotopic (exact) mass is 1010 g/mol. The summed E-state index contributed by atoms with van der Waals surface area (Å²) in [7, 11) is -3.55. The summed E-state index contributed by atoms with van der Waals surface area (Å²) in [5.74, 6) is 0.373. The first-order valence-electron chi connectivity index (χ1n) is 25.8. The van der Waals surface area contributed by atoms with Crippen LogP contribution in [-0.4, -0.2) is 73.3 Å². The summed E-state index contributed by atoms with van der Waals surface area (Å²) < 4.78 is 67.8. The minimum absolute atomic E-state index is 0.00499. The fourth-order valence-corrected chi connectivity index (χ4v) is 14.3. The molecule has 0 radical (unpaired) electrons. The molecule has 11 atom stereocenters. The highest BCUT2D eigenvalue weighted by atomic mass is 32.2. The Kier molecular flexibility index (Phi) is 16.4. The van der Waals surface area contributed by atoms with Crippen molar-refractivity contribution >= 4 is 33.3 Å². The summed E-state index contributed by atoms with van der Waals surface area (Å²) in [5.41, 5.74) is 3.58. The molecule has 8 rings (SSSR count). The number of fused-ring (bicyclic) bond motifs is 5. The molecule has 4 aliphatic carbocycles. The number of hydrogen-bond acceptors (Lipinski definition) is 9. The topological polar surface area (TPSA) is 175 Å². The van der Waals surface area contributed by atoms with Gasteiger partial charge >= 0.3 is 5.97 Å². The number of carbonyl (C=O) groups is 2. The van der Waals surface area contributed by atoms with Crippen LogP contribution in [0.5, 0.6) is 11.5 Å². The molecular weight excluding hydrogens is 941 g/mol. The van der Waals surface area contributed by atoms with Crippen molar-refractivity contribution < 1.29 is 51.6 Å². The zero-order chi connectivity index (χ0) is 51.5. The Bertz CT molecular complexity index is 2650. The summed E-state index contributed by atoms with van der Waals surface area (Å²) >= 11 is 0. The van der Waals surface area contributed by atoms with E-state index in [-0.39, 0.29) is 76.9 Å². The van der Waals surface area contributed by atoms with Crippen LogP contribution in [0.25, 0.3) is 0 Å². The van der Waals surface area contributed by atoms with E-state index in [0.29, 0.717) is 73.8 Å². The number of benzene rings is 4. The average Bonchev–Trinajstić information content (AvgIpc) is 3.69. The molecule has 0 saturated heterocycles. The lowest BCUT2D eigenvalue weighted by Gasteiger charge is -2.63. The van der Waals surface area contributed by atoms with Crippen molar-refractivity contribution in [3.05, 3.63) is 119 Å². The molecule has 4 aliphatic rings. The van der Waals surface area contributed by atoms with E-state index in [0.717, 1.165) is 62.0 Å². The van der Waals surface area contributed by atoms with E-state index >= 15 is 0 Å². The number of nitrogens with one attached hydrogen (secondary N) is 2. The van der Waals surface area contributed by atoms with E-state index < -0.39 is 39.8 Å². The van der Waals surface area contributed by atoms with E-state index in [1.807, 2.05) is 59.5 Å². The lowest BCUT2D eigenvalue weighted by atomic mass is 9.43. The number of rotatable bonds is 20. The Morgan fingerprint density at radius 3 is 2.26 bits per heavy atom. The van der Waals surface area contributed by atoms with E-state index in [1.165, 1.54) is 12.1 Å². The zero-order valence-electron chi connectivity index (χ0n) is 42.3. The molecule has 0 aromatic heterocycles. The lowest BCUT2D eigenvalue weighted by Crippen LogP contribution is -2.62. The van der Waals surface area contributed by atoms with Gasteiger partial charge in [0, 0.05) is 49.8 Å². The number of aliphatic carboxylic acids is 1. The molecule has 5 N–H and O–H groups in total. The number of hydrogen-bond donors (Lipinski definition) is 5. The quantitative estimate of drug-likeness (QED) is 0.0536. The smallest absolute Gasteiger partial charge is 0.303 e. The standard InChI is InChI=1S/C57H73F2N3O9S/c1-35(9-24-54(66)67)45-21-22-46-55-47(32-52(64)57(45,46)4)56(3)26-25-44(29-40(56)30-51(55)63)70-28-27-60-53(65)23-14-37-10-17-42(18-11-37)71-43-19-12-38(13-20-43)33-62(34-39-15-16-41(58)31-48(39)59)50-8-6-7-49(36(50)2)61-72(5,68)69/h6-8,10-13,15-20,31,35,40,44-47,51-52,55,61,63-64H,9,14,21-30,32-34H2,1-5H3,(H,60,65)(H,66,67)/t35-,40+,44+,45-,46-,47-,51-,52+,55-,56+,57-/m0/s1. The maximum Gasteiger partial charge on any atom is 0.303 e. The highest BCUT2D eigenvalue weighted by Crippen LogP contribution is 2.68. The van der Waals surface area contributed by atoms with Crippen molar-refractivity contribution in [1.82, 2.24) is 5.32 Å². The summed E-state index contributed by atoms with van der Waals surface area (Å²) in [5, 5.41) is 36.1. The number of aryl methyl sites for hydroxylation is 1. The summed E-state index contributed by atoms with van der Waals surface area (Å²) in [6.07, 6.45) is 7.95. The number of ether oxygens (including phenoxy) is 2. The van der Waals surface area contributed by atoms with Crippen LogP contribution >= 0.6 is 0 Å². The number of carboxylic acid groups (broad SMARTS) is 1. The molecule has 12 nitrogen and oxygen atoms in total. The molecule has 72 heavy (non-hydrogen) atoms. The first kappa shape index (κ1) is 53.2. The predicted octanol–water partition coefficient (Wildman–Crippen LogP) is 10.2. The maximum atomic E-state index is 14.9. The lowest BCUT2D eigenvalue weighted by molar-refractivity contribution is -0.209. The molecule has 4 fully saturated rings. The highest BCUT2D eigenvalue weighted by Gasteiger charge is 2.65. The third-order valence-corrected chi connectivity index (χ3v) is 18.1. The highest BCUT2D eigenvalue weighted by molar-refractivity contribution is 7.92. The number of halogens is 2. The Morgan fingerprint density at radius 2 is 1.58 bits per heavy atom. The molecule has 0 bridgehead atoms. The molecule has 4 saturated carbocycles. The second-order valence-corrected chi connectivity index (χ2v) is 23.7. The molecule has 390 valence electrons. The van der Waals surface area contributed by atoms with Crippen molar-refractivity contribution in [1.29, 1.82) is 0 Å². The first-order chi connectivity index (χ1) is 34.2. The van der Waals surface area contributed by atoms with Gasteiger partial charge in [-0.15, -0.1) is 0 Å². The third kappa shape index (κ3) is 12.0. The molecule has 0 aliphatic heterocycles. The van der Waals surface area contributed by atoms with Crippen LogP contribution < -0.4 is 19.7 Å². The fraction of sp³-hybridized carbons (Fsp3) is 0.544. The van der Waals surface area contributed by atoms with Crippen molar-refractivity contribution in [2.45, 2.75) is 130 Å². The van der Waals surface area contributed by atoms with Crippen LogP contribution in [0.15, 0.2) is 84.9 Å². The van der Waals surface area contributed by atoms with Gasteiger partial charge in [0.1, 0.15) is 23.1 Å². The molecule has 15 heteroatoms. The van der Waals surface area contributed by atoms with Crippen molar-refractivity contribution in [2.75, 3.05) is 29.0 Å². The fourth-order valence-electron chi connectivity index (χ4n) is 13.7. The largest absolute Gasteiger partial charge is 0.481 e. The maximum absolute atomic E-state index is 14.9. The average molecular weight is 1010 g/mol. The normalized spacial score (nSPS) is 28.2. The number of aliphatic hydroxyl groups is 2. The van der Waals surface area contributed by atoms with Crippen LogP contribution in [-0.2, 0) is 43.9 Å². The van der Waals surface area contributed by atoms with Gasteiger partial charge in [-0.3, -0.25) is 14.3 Å². The Hall–Kier alpha value is -5.09. The minimum atomic E-state index is -3.55. The molecule has 4 aromatic rings. The molecule has 4 aromatic carbocycles. The van der Waals surface area contributed by atoms with Crippen molar-refractivity contribution in [3.63, 3.8) is 0 Å². The number of carboxylic acids is 1. The third-order valence-electron chi connectivity index (χ3n) is 17.5. The summed E-state index contributed by atoms with van der Waals surface area (Å²) in [4.78, 5) is 26.1. The number of amides is 1. The number of carbonyl (C=O) groups excluding carboxylic acids is 1. The SMILES string of the molecule is Cc1c(NS(C)(=O)=O)cccc1N(Cc1ccc(Oc2ccc(CCC(=O)NCCO[C@@H]3CC[C@]4(C)[C@H](C3)C[C@H](O)[C@@H]3[C@@H]4C[C@@H](O)[C@]4(C)[C@H]3CC[C@H]4[C@@H](C)CCC(=O)O)cc2)cc1)Cc1ccc(F)cc1F. The van der Waals surface area contributed by atoms with Gasteiger partial charge in [-0.05, 0) is 170 Å². The van der Waals surface area contributed by atoms with Gasteiger partial charge in [-0.1, -0.05) is 57.2 Å². The minimum Gasteiger partial charge on any atom is -0.481 e. The van der Waals surface area contributed by atoms with Crippen LogP contribution in [0.4, 0.5) is 20.2 Å². The zero-order valence-corrected chi connectivity index (χ0v) is 43.1. The van der Waals surface area contributed by atoms with E-state index in [9.17, 15) is 42.1 Å². The van der Waals surface area contributed by atoms with E-state index in [4.69, 9.17) is 9.47 Å². The van der Waals surface area contributed by atoms with Gasteiger partial charge < -0.3 is 35.0 Å². The molecule has 0 unspecified atom stereocenters. The molecular formula is C57H73F2N3O9S. The number of aliphatic hydroxyl groups excluding tert-OH is 2. The molecule has 0 heterocycles. The Balaban J connectivity index is 0.777. The van der Waals surface area contributed by atoms with E-state index in [1.54, 1.807) is 19.1 Å². The van der Waals surface area contributed by atoms with Gasteiger partial charge in [-0.2, -0.15) is 0 Å². The Morgan fingerprint density at radius 1 is 0.875 bits per heavy atom. The van der Waals surface area contributed by atoms with Gasteiger partial charge in [0.05, 0.1) is 36.9 Å². The van der Waals surface area contributed by atoms with Crippen LogP contribution in [0.1, 0.15) is 107 Å². The number of sulfonamides is 1. The molecule has 1 amide bonds. The van der Waals surface area contributed by atoms with Gasteiger partial charge in [0.25, 0.3) is 0 Å². The van der Waals surface area contributed by atoms with Crippen molar-refractivity contribution in [2.24, 2.45) is 46.3 Å². The van der Waals surface area contributed by atoms with Gasteiger partial charge in [-0.25, -0.2) is 17.2 Å². The van der Waals surface area contributed by atoms with Crippen LogP contribution in [0.3, 0.4) is 0 Å². The summed E-state index contributed by atoms with van der Waals surface area (Å²) in [6, 6.07) is 23.8. The second-order valence-electron chi connectivity index (χ2n) is 21.9. The predicted molar refractivity (Wildman–Crippen MR) is 274 cm³/mol. The molecule has 0 spiro atoms. The summed E-state index contributed by atoms with van der Waals surface area (Å²) in [6.45, 7) is 9.78.